The van der Waals surface area contributed by atoms with E-state index in [9.17, 15) is 4.79 Å². The summed E-state index contributed by atoms with van der Waals surface area (Å²) in [6.45, 7) is 6.74. The number of benzene rings is 1. The molecule has 0 aliphatic carbocycles. The Morgan fingerprint density at radius 3 is 2.28 bits per heavy atom. The van der Waals surface area contributed by atoms with E-state index in [1.807, 2.05) is 23.9 Å². The van der Waals surface area contributed by atoms with Gasteiger partial charge in [0, 0.05) is 11.0 Å². The lowest BCUT2D eigenvalue weighted by atomic mass is 10.1. The Balaban J connectivity index is 2.47. The molecule has 18 heavy (non-hydrogen) atoms. The highest BCUT2D eigenvalue weighted by molar-refractivity contribution is 7.99. The molecule has 0 saturated carbocycles. The van der Waals surface area contributed by atoms with Crippen LogP contribution in [0.4, 0.5) is 0 Å². The average Bonchev–Trinajstić information content (AvgIpc) is 2.37. The van der Waals surface area contributed by atoms with Gasteiger partial charge >= 0.3 is 0 Å². The molecule has 1 aromatic carbocycles. The third kappa shape index (κ3) is 5.10. The number of amides is 1. The maximum Gasteiger partial charge on any atom is 0.238 e. The second-order valence-electron chi connectivity index (χ2n) is 4.82. The number of carbonyl (C=O) groups is 1. The number of nitrogens with one attached hydrogen (secondary N) is 1. The Morgan fingerprint density at radius 2 is 1.78 bits per heavy atom. The highest BCUT2D eigenvalue weighted by atomic mass is 32.2. The standard InChI is InChI=1S/C14H22N2OS/c1-10(2)11(3)18-9-13-6-4-12(5-7-13)8-14(17)16-15/h4-7,10-11H,8-9,15H2,1-3H3,(H,16,17). The van der Waals surface area contributed by atoms with Crippen LogP contribution in [0.5, 0.6) is 0 Å². The summed E-state index contributed by atoms with van der Waals surface area (Å²) in [5.41, 5.74) is 4.42. The highest BCUT2D eigenvalue weighted by Crippen LogP contribution is 2.23. The molecule has 0 bridgehead atoms. The lowest BCUT2D eigenvalue weighted by molar-refractivity contribution is -0.120. The zero-order chi connectivity index (χ0) is 13.5. The van der Waals surface area contributed by atoms with Gasteiger partial charge in [-0.05, 0) is 17.0 Å². The number of carbonyl (C=O) groups excluding carboxylic acids is 1. The molecule has 0 radical (unpaired) electrons. The Kier molecular flexibility index (Phi) is 6.22. The van der Waals surface area contributed by atoms with Gasteiger partial charge in [-0.3, -0.25) is 10.2 Å². The van der Waals surface area contributed by atoms with Crippen molar-refractivity contribution in [3.8, 4) is 0 Å². The van der Waals surface area contributed by atoms with Crippen LogP contribution < -0.4 is 11.3 Å². The van der Waals surface area contributed by atoms with Crippen LogP contribution in [-0.2, 0) is 17.0 Å². The summed E-state index contributed by atoms with van der Waals surface area (Å²) in [4.78, 5) is 11.1. The van der Waals surface area contributed by atoms with Crippen molar-refractivity contribution in [2.24, 2.45) is 11.8 Å². The zero-order valence-electron chi connectivity index (χ0n) is 11.3. The molecule has 1 aromatic rings. The first-order valence-electron chi connectivity index (χ1n) is 6.21. The van der Waals surface area contributed by atoms with Gasteiger partial charge in [0.25, 0.3) is 0 Å². The normalized spacial score (nSPS) is 12.5. The highest BCUT2D eigenvalue weighted by Gasteiger charge is 2.07. The molecular formula is C14H22N2OS. The third-order valence-corrected chi connectivity index (χ3v) is 4.57. The van der Waals surface area contributed by atoms with E-state index in [4.69, 9.17) is 5.84 Å². The Bertz CT molecular complexity index is 376. The molecule has 1 amide bonds. The van der Waals surface area contributed by atoms with Gasteiger partial charge in [0.15, 0.2) is 0 Å². The molecule has 100 valence electrons. The molecule has 1 atom stereocenters. The lowest BCUT2D eigenvalue weighted by Crippen LogP contribution is -2.31. The van der Waals surface area contributed by atoms with Crippen molar-refractivity contribution in [2.45, 2.75) is 38.2 Å². The number of thioether (sulfide) groups is 1. The number of hydrogen-bond acceptors (Lipinski definition) is 3. The van der Waals surface area contributed by atoms with Crippen LogP contribution in [0.2, 0.25) is 0 Å². The van der Waals surface area contributed by atoms with Crippen molar-refractivity contribution in [3.63, 3.8) is 0 Å². The molecule has 0 fully saturated rings. The maximum atomic E-state index is 11.1. The second kappa shape index (κ2) is 7.44. The van der Waals surface area contributed by atoms with Crippen LogP contribution in [0.3, 0.4) is 0 Å². The summed E-state index contributed by atoms with van der Waals surface area (Å²) in [6.07, 6.45) is 0.340. The third-order valence-electron chi connectivity index (χ3n) is 3.00. The maximum absolute atomic E-state index is 11.1. The van der Waals surface area contributed by atoms with E-state index < -0.39 is 0 Å². The van der Waals surface area contributed by atoms with E-state index in [-0.39, 0.29) is 5.91 Å². The quantitative estimate of drug-likeness (QED) is 0.472. The molecule has 0 aromatic heterocycles. The Morgan fingerprint density at radius 1 is 1.22 bits per heavy atom. The molecule has 0 saturated heterocycles. The van der Waals surface area contributed by atoms with Crippen molar-refractivity contribution in [1.29, 1.82) is 0 Å². The van der Waals surface area contributed by atoms with Crippen LogP contribution in [-0.4, -0.2) is 11.2 Å². The molecule has 1 rings (SSSR count). The second-order valence-corrected chi connectivity index (χ2v) is 6.19. The minimum atomic E-state index is -0.162. The molecule has 3 nitrogen and oxygen atoms in total. The van der Waals surface area contributed by atoms with E-state index in [0.717, 1.165) is 11.3 Å². The van der Waals surface area contributed by atoms with Crippen molar-refractivity contribution >= 4 is 17.7 Å². The van der Waals surface area contributed by atoms with Gasteiger partial charge in [-0.25, -0.2) is 5.84 Å². The topological polar surface area (TPSA) is 55.1 Å². The summed E-state index contributed by atoms with van der Waals surface area (Å²) in [5.74, 6) is 6.61. The predicted molar refractivity (Wildman–Crippen MR) is 78.1 cm³/mol. The first-order valence-corrected chi connectivity index (χ1v) is 7.26. The Labute approximate surface area is 113 Å². The van der Waals surface area contributed by atoms with E-state index in [1.165, 1.54) is 5.56 Å². The van der Waals surface area contributed by atoms with E-state index in [0.29, 0.717) is 17.6 Å². The van der Waals surface area contributed by atoms with Crippen LogP contribution in [0.15, 0.2) is 24.3 Å². The lowest BCUT2D eigenvalue weighted by Gasteiger charge is -2.14. The summed E-state index contributed by atoms with van der Waals surface area (Å²) in [6, 6.07) is 8.15. The van der Waals surface area contributed by atoms with Crippen LogP contribution in [0.25, 0.3) is 0 Å². The van der Waals surface area contributed by atoms with E-state index in [2.05, 4.69) is 38.3 Å². The van der Waals surface area contributed by atoms with Crippen molar-refractivity contribution in [3.05, 3.63) is 35.4 Å². The summed E-state index contributed by atoms with van der Waals surface area (Å²) in [5, 5.41) is 0.660. The first-order chi connectivity index (χ1) is 8.52. The van der Waals surface area contributed by atoms with Crippen LogP contribution in [0, 0.1) is 5.92 Å². The largest absolute Gasteiger partial charge is 0.294 e. The fourth-order valence-corrected chi connectivity index (χ4v) is 2.44. The summed E-state index contributed by atoms with van der Waals surface area (Å²) < 4.78 is 0. The SMILES string of the molecule is CC(C)C(C)SCc1ccc(CC(=O)NN)cc1. The molecule has 0 aliphatic heterocycles. The Hall–Kier alpha value is -1.00. The number of rotatable bonds is 6. The molecule has 0 aliphatic rings. The number of hydrazine groups is 1. The molecule has 0 spiro atoms. The summed E-state index contributed by atoms with van der Waals surface area (Å²) >= 11 is 1.96. The van der Waals surface area contributed by atoms with E-state index >= 15 is 0 Å². The van der Waals surface area contributed by atoms with Crippen molar-refractivity contribution in [2.75, 3.05) is 0 Å². The number of hydrogen-bond donors (Lipinski definition) is 2. The predicted octanol–water partition coefficient (Wildman–Crippen LogP) is 2.50. The fourth-order valence-electron chi connectivity index (χ4n) is 1.41. The van der Waals surface area contributed by atoms with Gasteiger partial charge in [0.1, 0.15) is 0 Å². The van der Waals surface area contributed by atoms with E-state index in [1.54, 1.807) is 0 Å². The minimum Gasteiger partial charge on any atom is -0.294 e. The van der Waals surface area contributed by atoms with Crippen LogP contribution >= 0.6 is 11.8 Å². The van der Waals surface area contributed by atoms with Crippen molar-refractivity contribution < 1.29 is 4.79 Å². The number of nitrogens with two attached hydrogens (primary N) is 1. The zero-order valence-corrected chi connectivity index (χ0v) is 12.1. The molecular weight excluding hydrogens is 244 g/mol. The van der Waals surface area contributed by atoms with Gasteiger partial charge < -0.3 is 0 Å². The van der Waals surface area contributed by atoms with Gasteiger partial charge in [0.2, 0.25) is 5.91 Å². The van der Waals surface area contributed by atoms with Gasteiger partial charge in [-0.15, -0.1) is 0 Å². The molecule has 4 heteroatoms. The van der Waals surface area contributed by atoms with Gasteiger partial charge in [0.05, 0.1) is 6.42 Å². The van der Waals surface area contributed by atoms with Gasteiger partial charge in [-0.1, -0.05) is 45.0 Å². The molecule has 0 heterocycles. The van der Waals surface area contributed by atoms with Crippen LogP contribution in [0.1, 0.15) is 31.9 Å². The molecule has 1 unspecified atom stereocenters. The molecule has 3 N–H and O–H groups in total. The minimum absolute atomic E-state index is 0.162. The summed E-state index contributed by atoms with van der Waals surface area (Å²) in [7, 11) is 0. The fraction of sp³-hybridized carbons (Fsp3) is 0.500. The average molecular weight is 266 g/mol. The first kappa shape index (κ1) is 15.1. The smallest absolute Gasteiger partial charge is 0.238 e. The van der Waals surface area contributed by atoms with Crippen molar-refractivity contribution in [1.82, 2.24) is 5.43 Å². The monoisotopic (exact) mass is 266 g/mol. The van der Waals surface area contributed by atoms with Gasteiger partial charge in [-0.2, -0.15) is 11.8 Å².